The van der Waals surface area contributed by atoms with E-state index in [0.29, 0.717) is 35.6 Å². The maximum atomic E-state index is 12.9. The summed E-state index contributed by atoms with van der Waals surface area (Å²) in [6.45, 7) is 3.90. The number of nitro benzene ring substituents is 1. The molecule has 11 heteroatoms. The van der Waals surface area contributed by atoms with Gasteiger partial charge in [0, 0.05) is 30.1 Å². The highest BCUT2D eigenvalue weighted by Crippen LogP contribution is 2.15. The molecule has 0 amide bonds. The first kappa shape index (κ1) is 22.1. The third-order valence-electron chi connectivity index (χ3n) is 4.75. The lowest BCUT2D eigenvalue weighted by Gasteiger charge is -2.02. The Hall–Kier alpha value is -3.57. The van der Waals surface area contributed by atoms with Gasteiger partial charge < -0.3 is 0 Å². The maximum Gasteiger partial charge on any atom is 0.280 e. The number of aromatic nitrogens is 2. The zero-order valence-electron chi connectivity index (χ0n) is 16.9. The second kappa shape index (κ2) is 8.66. The fraction of sp³-hybridized carbons (Fsp3) is 0.200. The highest BCUT2D eigenvalue weighted by molar-refractivity contribution is 7.89. The molecule has 0 saturated carbocycles. The second-order valence-corrected chi connectivity index (χ2v) is 8.49. The van der Waals surface area contributed by atoms with Gasteiger partial charge in [-0.15, -0.1) is 0 Å². The molecule has 0 unspecified atom stereocenters. The van der Waals surface area contributed by atoms with Crippen LogP contribution in [0.3, 0.4) is 0 Å². The zero-order valence-corrected chi connectivity index (χ0v) is 17.7. The molecule has 3 aromatic rings. The quantitative estimate of drug-likeness (QED) is 0.325. The third-order valence-corrected chi connectivity index (χ3v) is 5.68. The highest BCUT2D eigenvalue weighted by Gasteiger charge is 2.15. The molecule has 0 aliphatic carbocycles. The Kier molecular flexibility index (Phi) is 6.18. The van der Waals surface area contributed by atoms with Gasteiger partial charge in [0.1, 0.15) is 0 Å². The minimum absolute atomic E-state index is 0.0469. The fourth-order valence-corrected chi connectivity index (χ4v) is 3.67. The molecule has 10 nitrogen and oxygen atoms in total. The Bertz CT molecular complexity index is 1300. The minimum Gasteiger partial charge on any atom is -0.295 e. The summed E-state index contributed by atoms with van der Waals surface area (Å²) in [5, 5.41) is 18.9. The number of rotatable bonds is 7. The highest BCUT2D eigenvalue weighted by atomic mass is 32.2. The molecule has 0 radical (unpaired) electrons. The molecule has 0 atom stereocenters. The van der Waals surface area contributed by atoms with Crippen molar-refractivity contribution in [3.05, 3.63) is 85.8 Å². The summed E-state index contributed by atoms with van der Waals surface area (Å²) in [4.78, 5) is 27.7. The Morgan fingerprint density at radius 1 is 1.16 bits per heavy atom. The molecule has 0 bridgehead atoms. The van der Waals surface area contributed by atoms with Crippen molar-refractivity contribution in [3.8, 4) is 5.69 Å². The van der Waals surface area contributed by atoms with E-state index in [1.165, 1.54) is 41.1 Å². The molecule has 1 aromatic heterocycles. The molecular formula is C20H21N5O5S. The minimum atomic E-state index is -3.73. The predicted octanol–water partition coefficient (Wildman–Crippen LogP) is 2.08. The second-order valence-electron chi connectivity index (χ2n) is 6.93. The van der Waals surface area contributed by atoms with Crippen LogP contribution in [-0.2, 0) is 16.4 Å². The van der Waals surface area contributed by atoms with Gasteiger partial charge in [0.15, 0.2) is 0 Å². The number of aromatic amines is 1. The van der Waals surface area contributed by atoms with Crippen LogP contribution in [0, 0.1) is 17.0 Å². The van der Waals surface area contributed by atoms with E-state index in [-0.39, 0.29) is 16.1 Å². The van der Waals surface area contributed by atoms with Gasteiger partial charge in [0.25, 0.3) is 11.2 Å². The number of aryl methyl sites for hydroxylation is 1. The summed E-state index contributed by atoms with van der Waals surface area (Å²) >= 11 is 0. The van der Waals surface area contributed by atoms with E-state index >= 15 is 0 Å². The first-order chi connectivity index (χ1) is 14.6. The summed E-state index contributed by atoms with van der Waals surface area (Å²) < 4.78 is 23.9. The van der Waals surface area contributed by atoms with Gasteiger partial charge in [0.05, 0.1) is 21.1 Å². The van der Waals surface area contributed by atoms with Crippen LogP contribution in [0.5, 0.6) is 0 Å². The van der Waals surface area contributed by atoms with Gasteiger partial charge in [-0.1, -0.05) is 12.1 Å². The lowest BCUT2D eigenvalue weighted by atomic mass is 10.1. The van der Waals surface area contributed by atoms with Crippen molar-refractivity contribution >= 4 is 21.4 Å². The number of H-pyrrole nitrogens is 1. The summed E-state index contributed by atoms with van der Waals surface area (Å²) in [5.74, 6) is 0. The van der Waals surface area contributed by atoms with E-state index in [4.69, 9.17) is 5.14 Å². The normalized spacial score (nSPS) is 12.2. The Morgan fingerprint density at radius 3 is 2.32 bits per heavy atom. The van der Waals surface area contributed by atoms with Crippen LogP contribution < -0.4 is 10.7 Å². The lowest BCUT2D eigenvalue weighted by Crippen LogP contribution is -2.20. The lowest BCUT2D eigenvalue weighted by molar-refractivity contribution is -0.384. The number of benzene rings is 2. The van der Waals surface area contributed by atoms with E-state index in [9.17, 15) is 23.3 Å². The molecule has 2 aromatic carbocycles. The molecule has 0 aliphatic rings. The Balaban J connectivity index is 1.77. The molecular weight excluding hydrogens is 422 g/mol. The predicted molar refractivity (Wildman–Crippen MR) is 116 cm³/mol. The van der Waals surface area contributed by atoms with E-state index in [1.54, 1.807) is 26.0 Å². The first-order valence-electron chi connectivity index (χ1n) is 9.27. The summed E-state index contributed by atoms with van der Waals surface area (Å²) in [5.41, 5.74) is 2.62. The van der Waals surface area contributed by atoms with Gasteiger partial charge in [0.2, 0.25) is 10.0 Å². The largest absolute Gasteiger partial charge is 0.295 e. The van der Waals surface area contributed by atoms with Crippen LogP contribution >= 0.6 is 0 Å². The van der Waals surface area contributed by atoms with Crippen LogP contribution in [0.25, 0.3) is 5.69 Å². The van der Waals surface area contributed by atoms with Crippen molar-refractivity contribution < 1.29 is 13.3 Å². The molecule has 31 heavy (non-hydrogen) atoms. The molecule has 0 spiro atoms. The smallest absolute Gasteiger partial charge is 0.280 e. The Labute approximate surface area is 178 Å². The average Bonchev–Trinajstić information content (AvgIpc) is 3.01. The third kappa shape index (κ3) is 4.95. The molecule has 0 saturated heterocycles. The van der Waals surface area contributed by atoms with Gasteiger partial charge in [-0.2, -0.15) is 0 Å². The number of nitrogens with zero attached hydrogens (tertiary/aromatic N) is 3. The SMILES string of the molecule is CC(=NCCc1ccc(S(N)(=O)=O)cc1)c1c(C)[nH]n(-c2ccc([N+](=O)[O-])cc2)c1=O. The van der Waals surface area contributed by atoms with Crippen molar-refractivity contribution in [2.45, 2.75) is 25.2 Å². The van der Waals surface area contributed by atoms with Crippen molar-refractivity contribution in [1.82, 2.24) is 9.78 Å². The van der Waals surface area contributed by atoms with Crippen molar-refractivity contribution in [2.75, 3.05) is 6.54 Å². The molecule has 3 N–H and O–H groups in total. The number of aliphatic imine (C=N–C) groups is 1. The molecule has 0 aliphatic heterocycles. The topological polar surface area (TPSA) is 153 Å². The number of primary sulfonamides is 1. The molecule has 0 fully saturated rings. The van der Waals surface area contributed by atoms with Crippen LogP contribution in [0.4, 0.5) is 5.69 Å². The van der Waals surface area contributed by atoms with Crippen LogP contribution in [-0.4, -0.2) is 35.4 Å². The van der Waals surface area contributed by atoms with Crippen LogP contribution in [0.1, 0.15) is 23.7 Å². The zero-order chi connectivity index (χ0) is 22.8. The van der Waals surface area contributed by atoms with Gasteiger partial charge in [-0.05, 0) is 50.1 Å². The van der Waals surface area contributed by atoms with Gasteiger partial charge >= 0.3 is 0 Å². The van der Waals surface area contributed by atoms with Crippen molar-refractivity contribution in [2.24, 2.45) is 10.1 Å². The monoisotopic (exact) mass is 443 g/mol. The number of hydrogen-bond donors (Lipinski definition) is 2. The fourth-order valence-electron chi connectivity index (χ4n) is 3.16. The summed E-state index contributed by atoms with van der Waals surface area (Å²) in [6.07, 6.45) is 0.558. The number of sulfonamides is 1. The van der Waals surface area contributed by atoms with Crippen LogP contribution in [0.2, 0.25) is 0 Å². The average molecular weight is 443 g/mol. The summed E-state index contributed by atoms with van der Waals surface area (Å²) in [6, 6.07) is 11.9. The standard InChI is InChI=1S/C20H21N5O5S/c1-13(22-12-11-15-3-9-18(10-4-15)31(21,29)30)19-14(2)23-24(20(19)26)16-5-7-17(8-6-16)25(27)28/h3-10,23H,11-12H2,1-2H3,(H2,21,29,30). The number of hydrogen-bond acceptors (Lipinski definition) is 6. The molecule has 3 rings (SSSR count). The van der Waals surface area contributed by atoms with Crippen molar-refractivity contribution in [3.63, 3.8) is 0 Å². The Morgan fingerprint density at radius 2 is 1.77 bits per heavy atom. The van der Waals surface area contributed by atoms with Crippen molar-refractivity contribution in [1.29, 1.82) is 0 Å². The van der Waals surface area contributed by atoms with E-state index < -0.39 is 14.9 Å². The van der Waals surface area contributed by atoms with E-state index in [2.05, 4.69) is 10.1 Å². The molecule has 1 heterocycles. The molecule has 162 valence electrons. The number of nitrogens with one attached hydrogen (secondary N) is 1. The number of nitrogens with two attached hydrogens (primary N) is 1. The van der Waals surface area contributed by atoms with Gasteiger partial charge in [-0.3, -0.25) is 25.0 Å². The van der Waals surface area contributed by atoms with Gasteiger partial charge in [-0.25, -0.2) is 18.2 Å². The van der Waals surface area contributed by atoms with E-state index in [1.807, 2.05) is 0 Å². The number of non-ortho nitro benzene ring substituents is 1. The summed E-state index contributed by atoms with van der Waals surface area (Å²) in [7, 11) is -3.73. The first-order valence-corrected chi connectivity index (χ1v) is 10.8. The van der Waals surface area contributed by atoms with Crippen LogP contribution in [0.15, 0.2) is 63.2 Å². The van der Waals surface area contributed by atoms with E-state index in [0.717, 1.165) is 5.56 Å². The number of nitro groups is 1. The maximum absolute atomic E-state index is 12.9.